The topological polar surface area (TPSA) is 25.5 Å². The fourth-order valence-electron chi connectivity index (χ4n) is 8.40. The third-order valence-corrected chi connectivity index (χ3v) is 11.1. The maximum Gasteiger partial charge on any atom is 0.143 e. The summed E-state index contributed by atoms with van der Waals surface area (Å²) in [4.78, 5) is 5.45. The minimum Gasteiger partial charge on any atom is -0.455 e. The summed E-state index contributed by atoms with van der Waals surface area (Å²) < 4.78 is 6.97. The minimum absolute atomic E-state index is 0.788. The molecule has 256 valence electrons. The highest BCUT2D eigenvalue weighted by atomic mass is 16.3. The van der Waals surface area contributed by atoms with Crippen molar-refractivity contribution in [2.24, 2.45) is 4.99 Å². The summed E-state index contributed by atoms with van der Waals surface area (Å²) in [7, 11) is 0. The lowest BCUT2D eigenvalue weighted by Gasteiger charge is -2.15. The van der Waals surface area contributed by atoms with Crippen molar-refractivity contribution < 1.29 is 4.42 Å². The van der Waals surface area contributed by atoms with Gasteiger partial charge in [-0.15, -0.1) is 0 Å². The first-order valence-corrected chi connectivity index (χ1v) is 18.8. The van der Waals surface area contributed by atoms with Crippen molar-refractivity contribution in [1.82, 2.24) is 0 Å². The first-order valence-electron chi connectivity index (χ1n) is 18.8. The smallest absolute Gasteiger partial charge is 0.143 e. The van der Waals surface area contributed by atoms with Gasteiger partial charge in [0.05, 0.1) is 0 Å². The lowest BCUT2D eigenvalue weighted by molar-refractivity contribution is 0.668. The molecular weight excluding hydrogens is 655 g/mol. The lowest BCUT2D eigenvalue weighted by Crippen LogP contribution is -2.03. The van der Waals surface area contributed by atoms with E-state index in [1.54, 1.807) is 0 Å². The van der Waals surface area contributed by atoms with Gasteiger partial charge in [0.2, 0.25) is 0 Å². The number of hydrogen-bond donors (Lipinski definition) is 0. The van der Waals surface area contributed by atoms with Gasteiger partial charge in [0.25, 0.3) is 0 Å². The molecule has 1 aliphatic rings. The first-order chi connectivity index (χ1) is 26.6. The summed E-state index contributed by atoms with van der Waals surface area (Å²) in [6.45, 7) is 4.45. The van der Waals surface area contributed by atoms with Crippen molar-refractivity contribution >= 4 is 71.2 Å². The highest BCUT2D eigenvalue weighted by Crippen LogP contribution is 2.44. The van der Waals surface area contributed by atoms with Crippen LogP contribution in [0.25, 0.3) is 76.7 Å². The van der Waals surface area contributed by atoms with Gasteiger partial charge < -0.3 is 4.42 Å². The molecule has 1 aromatic heterocycles. The third kappa shape index (κ3) is 5.48. The second-order valence-corrected chi connectivity index (χ2v) is 14.4. The summed E-state index contributed by atoms with van der Waals surface area (Å²) in [6, 6.07) is 58.6. The standard InChI is InChI=1S/C52H37NO/c1-33-21-28-47(41-24-25-43-40(30-41)23-22-36-15-11-12-20-42(36)43)53-48(37-16-7-4-8-17-37)29-34(2)50(33)45-27-26-44(35-13-5-3-6-14-35)51-46-31-38-18-9-10-19-39(38)32-49(46)54-52(45)51/h3-20,22-27,30-32H,21,28H2,1-2H3/b50-33+,53-47+. The number of nitrogens with zero attached hydrogens (tertiary/aromatic N) is 1. The largest absolute Gasteiger partial charge is 0.455 e. The van der Waals surface area contributed by atoms with E-state index in [4.69, 9.17) is 9.41 Å². The van der Waals surface area contributed by atoms with E-state index < -0.39 is 0 Å². The molecule has 54 heavy (non-hydrogen) atoms. The second kappa shape index (κ2) is 13.0. The molecule has 0 saturated carbocycles. The van der Waals surface area contributed by atoms with Gasteiger partial charge in [-0.1, -0.05) is 151 Å². The summed E-state index contributed by atoms with van der Waals surface area (Å²) in [5.74, 6) is 0. The molecule has 10 rings (SSSR count). The monoisotopic (exact) mass is 691 g/mol. The van der Waals surface area contributed by atoms with E-state index in [0.717, 1.165) is 74.0 Å². The predicted molar refractivity (Wildman–Crippen MR) is 229 cm³/mol. The van der Waals surface area contributed by atoms with Gasteiger partial charge in [-0.05, 0) is 106 Å². The Bertz CT molecular complexity index is 3080. The number of allylic oxidation sites excluding steroid dienone is 3. The average Bonchev–Trinajstić information content (AvgIpc) is 3.62. The molecule has 0 bridgehead atoms. The van der Waals surface area contributed by atoms with Crippen molar-refractivity contribution in [3.63, 3.8) is 0 Å². The first kappa shape index (κ1) is 32.0. The second-order valence-electron chi connectivity index (χ2n) is 14.4. The van der Waals surface area contributed by atoms with E-state index in [0.29, 0.717) is 0 Å². The summed E-state index contributed by atoms with van der Waals surface area (Å²) in [5, 5.41) is 9.64. The molecule has 0 spiro atoms. The molecule has 0 saturated heterocycles. The third-order valence-electron chi connectivity index (χ3n) is 11.1. The van der Waals surface area contributed by atoms with Crippen molar-refractivity contribution in [1.29, 1.82) is 0 Å². The lowest BCUT2D eigenvalue weighted by atomic mass is 9.88. The van der Waals surface area contributed by atoms with Crippen molar-refractivity contribution in [3.05, 3.63) is 197 Å². The number of fused-ring (bicyclic) bond motifs is 7. The normalized spacial score (nSPS) is 16.2. The average molecular weight is 692 g/mol. The zero-order chi connectivity index (χ0) is 36.2. The van der Waals surface area contributed by atoms with Crippen molar-refractivity contribution in [2.75, 3.05) is 0 Å². The molecule has 2 heteroatoms. The van der Waals surface area contributed by atoms with E-state index in [-0.39, 0.29) is 0 Å². The van der Waals surface area contributed by atoms with Crippen LogP contribution >= 0.6 is 0 Å². The van der Waals surface area contributed by atoms with E-state index in [9.17, 15) is 0 Å². The number of benzene rings is 8. The minimum atomic E-state index is 0.788. The number of hydrogen-bond acceptors (Lipinski definition) is 2. The van der Waals surface area contributed by atoms with Crippen LogP contribution in [-0.4, -0.2) is 5.71 Å². The Morgan fingerprint density at radius 2 is 1.15 bits per heavy atom. The molecule has 2 heterocycles. The summed E-state index contributed by atoms with van der Waals surface area (Å²) in [6.07, 6.45) is 1.63. The fraction of sp³-hybridized carbons (Fsp3) is 0.0769. The zero-order valence-corrected chi connectivity index (χ0v) is 30.4. The van der Waals surface area contributed by atoms with Gasteiger partial charge in [-0.25, -0.2) is 4.99 Å². The van der Waals surface area contributed by atoms with Crippen LogP contribution in [0.5, 0.6) is 0 Å². The quantitative estimate of drug-likeness (QED) is 0.133. The number of aliphatic imine (C=N–C) groups is 1. The van der Waals surface area contributed by atoms with Gasteiger partial charge in [0.1, 0.15) is 16.9 Å². The van der Waals surface area contributed by atoms with Crippen molar-refractivity contribution in [2.45, 2.75) is 26.7 Å². The maximum absolute atomic E-state index is 6.97. The molecule has 0 fully saturated rings. The maximum atomic E-state index is 6.97. The van der Waals surface area contributed by atoms with Crippen LogP contribution in [-0.2, 0) is 0 Å². The molecule has 1 aliphatic heterocycles. The van der Waals surface area contributed by atoms with E-state index in [2.05, 4.69) is 183 Å². The van der Waals surface area contributed by atoms with E-state index in [1.807, 2.05) is 0 Å². The highest BCUT2D eigenvalue weighted by molar-refractivity contribution is 6.18. The molecule has 8 aromatic carbocycles. The van der Waals surface area contributed by atoms with Crippen molar-refractivity contribution in [3.8, 4) is 11.1 Å². The summed E-state index contributed by atoms with van der Waals surface area (Å²) >= 11 is 0. The zero-order valence-electron chi connectivity index (χ0n) is 30.4. The molecule has 0 unspecified atom stereocenters. The van der Waals surface area contributed by atoms with Gasteiger partial charge in [0.15, 0.2) is 0 Å². The molecule has 0 aliphatic carbocycles. The molecule has 9 aromatic rings. The number of rotatable bonds is 4. The molecule has 0 amide bonds. The molecular formula is C52H37NO. The SMILES string of the molecule is CC1=C=C(c2ccccc2)/N=C(/c2ccc3c(ccc4ccccc43)c2)CC/C(C)=C\1c1ccc(-c2ccccc2)c2c1oc1cc3ccccc3cc12. The Kier molecular flexibility index (Phi) is 7.72. The Hall–Kier alpha value is -6.73. The number of furan rings is 1. The van der Waals surface area contributed by atoms with Gasteiger partial charge in [-0.3, -0.25) is 0 Å². The Morgan fingerprint density at radius 3 is 1.94 bits per heavy atom. The Labute approximate surface area is 314 Å². The summed E-state index contributed by atoms with van der Waals surface area (Å²) in [5.41, 5.74) is 16.6. The van der Waals surface area contributed by atoms with Crippen LogP contribution in [0.3, 0.4) is 0 Å². The Morgan fingerprint density at radius 1 is 0.500 bits per heavy atom. The van der Waals surface area contributed by atoms with Crippen LogP contribution < -0.4 is 0 Å². The van der Waals surface area contributed by atoms with Gasteiger partial charge in [0, 0.05) is 33.2 Å². The molecule has 0 N–H and O–H groups in total. The van der Waals surface area contributed by atoms with E-state index in [1.165, 1.54) is 49.0 Å². The van der Waals surface area contributed by atoms with Crippen LogP contribution in [0.1, 0.15) is 43.4 Å². The van der Waals surface area contributed by atoms with E-state index >= 15 is 0 Å². The fourth-order valence-corrected chi connectivity index (χ4v) is 8.40. The highest BCUT2D eigenvalue weighted by Gasteiger charge is 2.22. The van der Waals surface area contributed by atoms with Crippen LogP contribution in [0.2, 0.25) is 0 Å². The van der Waals surface area contributed by atoms with Crippen LogP contribution in [0.15, 0.2) is 190 Å². The molecule has 0 atom stereocenters. The Balaban J connectivity index is 1.18. The molecule has 0 radical (unpaired) electrons. The van der Waals surface area contributed by atoms with Crippen LogP contribution in [0.4, 0.5) is 0 Å². The molecule has 2 nitrogen and oxygen atoms in total. The van der Waals surface area contributed by atoms with Gasteiger partial charge in [-0.2, -0.15) is 0 Å². The van der Waals surface area contributed by atoms with Gasteiger partial charge >= 0.3 is 0 Å². The predicted octanol–water partition coefficient (Wildman–Crippen LogP) is 14.4. The van der Waals surface area contributed by atoms with Crippen LogP contribution in [0, 0.1) is 0 Å².